The van der Waals surface area contributed by atoms with Gasteiger partial charge in [0.1, 0.15) is 0 Å². The Bertz CT molecular complexity index is 72.9. The lowest BCUT2D eigenvalue weighted by molar-refractivity contribution is 0.499. The third-order valence-corrected chi connectivity index (χ3v) is 1.92. The summed E-state index contributed by atoms with van der Waals surface area (Å²) in [7, 11) is 0. The summed E-state index contributed by atoms with van der Waals surface area (Å²) >= 11 is 0. The Morgan fingerprint density at radius 1 is 1.62 bits per heavy atom. The van der Waals surface area contributed by atoms with E-state index in [1.165, 1.54) is 6.42 Å². The quantitative estimate of drug-likeness (QED) is 0.501. The van der Waals surface area contributed by atoms with Crippen LogP contribution in [0, 0.1) is 5.92 Å². The summed E-state index contributed by atoms with van der Waals surface area (Å²) in [6.07, 6.45) is 1.22. The highest BCUT2D eigenvalue weighted by Crippen LogP contribution is 2.09. The molecule has 0 saturated carbocycles. The molecule has 1 fully saturated rings. The van der Waals surface area contributed by atoms with Crippen LogP contribution in [0.1, 0.15) is 13.3 Å². The van der Waals surface area contributed by atoms with Gasteiger partial charge in [0.25, 0.3) is 0 Å². The number of nitrogens with one attached hydrogen (secondary N) is 1. The molecule has 2 atom stereocenters. The molecule has 8 heavy (non-hydrogen) atoms. The van der Waals surface area contributed by atoms with E-state index in [1.54, 1.807) is 0 Å². The van der Waals surface area contributed by atoms with Gasteiger partial charge in [-0.1, -0.05) is 13.3 Å². The fourth-order valence-corrected chi connectivity index (χ4v) is 1.20. The van der Waals surface area contributed by atoms with Crippen molar-refractivity contribution in [3.63, 3.8) is 0 Å². The lowest BCUT2D eigenvalue weighted by Crippen LogP contribution is -2.28. The van der Waals surface area contributed by atoms with E-state index in [4.69, 9.17) is 5.73 Å². The third-order valence-electron chi connectivity index (χ3n) is 1.92. The molecule has 2 nitrogen and oxygen atoms in total. The maximum atomic E-state index is 5.73. The predicted molar refractivity (Wildman–Crippen MR) is 34.6 cm³/mol. The normalized spacial score (nSPS) is 38.2. The Balaban J connectivity index is 2.30. The molecule has 0 amide bonds. The summed E-state index contributed by atoms with van der Waals surface area (Å²) in [6.45, 7) is 4.33. The highest BCUT2D eigenvalue weighted by molar-refractivity contribution is 4.82. The summed E-state index contributed by atoms with van der Waals surface area (Å²) in [5, 5.41) is 3.25. The van der Waals surface area contributed by atoms with Crippen molar-refractivity contribution in [2.24, 2.45) is 11.7 Å². The third kappa shape index (κ3) is 1.01. The van der Waals surface area contributed by atoms with Gasteiger partial charge in [-0.15, -0.1) is 0 Å². The van der Waals surface area contributed by atoms with Crippen molar-refractivity contribution in [1.29, 1.82) is 0 Å². The molecule has 48 valence electrons. The van der Waals surface area contributed by atoms with Gasteiger partial charge in [-0.3, -0.25) is 0 Å². The van der Waals surface area contributed by atoms with E-state index < -0.39 is 0 Å². The van der Waals surface area contributed by atoms with Crippen LogP contribution in [0.4, 0.5) is 0 Å². The van der Waals surface area contributed by atoms with Gasteiger partial charge in [-0.25, -0.2) is 0 Å². The Morgan fingerprint density at radius 2 is 2.38 bits per heavy atom. The first-order valence-corrected chi connectivity index (χ1v) is 3.31. The first-order valence-electron chi connectivity index (χ1n) is 3.31. The van der Waals surface area contributed by atoms with Crippen LogP contribution < -0.4 is 11.1 Å². The monoisotopic (exact) mass is 114 g/mol. The van der Waals surface area contributed by atoms with Crippen LogP contribution in [-0.2, 0) is 0 Å². The summed E-state index contributed by atoms with van der Waals surface area (Å²) in [6, 6.07) is 0.417. The molecule has 0 unspecified atom stereocenters. The maximum absolute atomic E-state index is 5.73. The average Bonchev–Trinajstić information content (AvgIpc) is 2.14. The standard InChI is InChI=1S/C6H14N2/c1-2-5-3-8-4-6(5)7/h5-6,8H,2-4,7H2,1H3/t5-,6+/m0/s1. The van der Waals surface area contributed by atoms with Crippen LogP contribution in [-0.4, -0.2) is 19.1 Å². The lowest BCUT2D eigenvalue weighted by atomic mass is 10.0. The molecule has 0 aromatic carbocycles. The second kappa shape index (κ2) is 2.46. The van der Waals surface area contributed by atoms with E-state index in [1.807, 2.05) is 0 Å². The summed E-state index contributed by atoms with van der Waals surface area (Å²) < 4.78 is 0. The van der Waals surface area contributed by atoms with Crippen molar-refractivity contribution >= 4 is 0 Å². The molecule has 0 radical (unpaired) electrons. The molecule has 1 heterocycles. The molecule has 1 aliphatic heterocycles. The number of rotatable bonds is 1. The van der Waals surface area contributed by atoms with Crippen LogP contribution in [0.5, 0.6) is 0 Å². The Kier molecular flexibility index (Phi) is 1.86. The average molecular weight is 114 g/mol. The molecule has 0 spiro atoms. The van der Waals surface area contributed by atoms with Crippen molar-refractivity contribution < 1.29 is 0 Å². The Hall–Kier alpha value is -0.0800. The van der Waals surface area contributed by atoms with Gasteiger partial charge in [0, 0.05) is 12.6 Å². The van der Waals surface area contributed by atoms with Gasteiger partial charge in [0.15, 0.2) is 0 Å². The molecule has 1 rings (SSSR count). The lowest BCUT2D eigenvalue weighted by Gasteiger charge is -2.08. The highest BCUT2D eigenvalue weighted by atomic mass is 15.0. The summed E-state index contributed by atoms with van der Waals surface area (Å²) in [5.41, 5.74) is 5.73. The fourth-order valence-electron chi connectivity index (χ4n) is 1.20. The van der Waals surface area contributed by atoms with Gasteiger partial charge in [-0.05, 0) is 12.5 Å². The van der Waals surface area contributed by atoms with Crippen molar-refractivity contribution in [1.82, 2.24) is 5.32 Å². The van der Waals surface area contributed by atoms with Crippen LogP contribution >= 0.6 is 0 Å². The fraction of sp³-hybridized carbons (Fsp3) is 1.00. The van der Waals surface area contributed by atoms with Crippen molar-refractivity contribution in [2.45, 2.75) is 19.4 Å². The van der Waals surface area contributed by atoms with E-state index in [0.717, 1.165) is 19.0 Å². The molecular weight excluding hydrogens is 100 g/mol. The zero-order valence-corrected chi connectivity index (χ0v) is 5.35. The molecule has 0 bridgehead atoms. The van der Waals surface area contributed by atoms with Crippen LogP contribution in [0.3, 0.4) is 0 Å². The van der Waals surface area contributed by atoms with Crippen LogP contribution in [0.25, 0.3) is 0 Å². The van der Waals surface area contributed by atoms with Crippen molar-refractivity contribution in [2.75, 3.05) is 13.1 Å². The van der Waals surface area contributed by atoms with E-state index >= 15 is 0 Å². The van der Waals surface area contributed by atoms with Crippen LogP contribution in [0.2, 0.25) is 0 Å². The van der Waals surface area contributed by atoms with Crippen LogP contribution in [0.15, 0.2) is 0 Å². The van der Waals surface area contributed by atoms with Gasteiger partial charge >= 0.3 is 0 Å². The SMILES string of the molecule is CC[C@H]1CNC[C@H]1N. The van der Waals surface area contributed by atoms with Crippen molar-refractivity contribution in [3.05, 3.63) is 0 Å². The molecule has 1 aliphatic rings. The van der Waals surface area contributed by atoms with E-state index in [0.29, 0.717) is 6.04 Å². The predicted octanol–water partition coefficient (Wildman–Crippen LogP) is -0.0569. The largest absolute Gasteiger partial charge is 0.326 e. The minimum Gasteiger partial charge on any atom is -0.326 e. The molecule has 2 heteroatoms. The molecule has 1 saturated heterocycles. The zero-order chi connectivity index (χ0) is 5.98. The summed E-state index contributed by atoms with van der Waals surface area (Å²) in [5.74, 6) is 0.731. The minimum atomic E-state index is 0.417. The second-order valence-electron chi connectivity index (χ2n) is 2.49. The van der Waals surface area contributed by atoms with Gasteiger partial charge in [0.2, 0.25) is 0 Å². The minimum absolute atomic E-state index is 0.417. The zero-order valence-electron chi connectivity index (χ0n) is 5.35. The number of hydrogen-bond acceptors (Lipinski definition) is 2. The van der Waals surface area contributed by atoms with E-state index in [2.05, 4.69) is 12.2 Å². The second-order valence-corrected chi connectivity index (χ2v) is 2.49. The molecule has 0 aromatic heterocycles. The van der Waals surface area contributed by atoms with Gasteiger partial charge < -0.3 is 11.1 Å². The Labute approximate surface area is 50.4 Å². The first kappa shape index (κ1) is 6.05. The van der Waals surface area contributed by atoms with E-state index in [9.17, 15) is 0 Å². The first-order chi connectivity index (χ1) is 3.84. The summed E-state index contributed by atoms with van der Waals surface area (Å²) in [4.78, 5) is 0. The smallest absolute Gasteiger partial charge is 0.0206 e. The Morgan fingerprint density at radius 3 is 2.62 bits per heavy atom. The van der Waals surface area contributed by atoms with Crippen molar-refractivity contribution in [3.8, 4) is 0 Å². The maximum Gasteiger partial charge on any atom is 0.0206 e. The number of nitrogens with two attached hydrogens (primary N) is 1. The molecule has 0 aromatic rings. The molecule has 0 aliphatic carbocycles. The number of hydrogen-bond donors (Lipinski definition) is 2. The molecular formula is C6H14N2. The highest BCUT2D eigenvalue weighted by Gasteiger charge is 2.20. The topological polar surface area (TPSA) is 38.0 Å². The molecule has 3 N–H and O–H groups in total. The van der Waals surface area contributed by atoms with E-state index in [-0.39, 0.29) is 0 Å². The van der Waals surface area contributed by atoms with Gasteiger partial charge in [0.05, 0.1) is 0 Å². The van der Waals surface area contributed by atoms with Gasteiger partial charge in [-0.2, -0.15) is 0 Å².